The maximum atomic E-state index is 10.5. The predicted octanol–water partition coefficient (Wildman–Crippen LogP) is 1.78. The Balaban J connectivity index is 3.08. The lowest BCUT2D eigenvalue weighted by atomic mass is 10.1. The molecule has 1 N–H and O–H groups in total. The molecule has 0 heterocycles. The van der Waals surface area contributed by atoms with Gasteiger partial charge in [-0.15, -0.1) is 0 Å². The zero-order valence-electron chi connectivity index (χ0n) is 7.52. The molecule has 0 aliphatic carbocycles. The van der Waals surface area contributed by atoms with Crippen LogP contribution in [0, 0.1) is 5.92 Å². The number of carbonyl (C=O) groups excluding carboxylic acids is 1. The standard InChI is InChI=1S/C8H17NO2/c1-7(2)5-4-6-9-8(10)11-3/h7H,4-6H2,1-3H3,(H,9,10). The fourth-order valence-corrected chi connectivity index (χ4v) is 0.773. The molecule has 3 heteroatoms. The number of hydrogen-bond donors (Lipinski definition) is 1. The minimum Gasteiger partial charge on any atom is -0.453 e. The van der Waals surface area contributed by atoms with Gasteiger partial charge in [0, 0.05) is 6.54 Å². The lowest BCUT2D eigenvalue weighted by molar-refractivity contribution is 0.170. The van der Waals surface area contributed by atoms with E-state index < -0.39 is 0 Å². The summed E-state index contributed by atoms with van der Waals surface area (Å²) in [6, 6.07) is 0. The van der Waals surface area contributed by atoms with Gasteiger partial charge in [-0.05, 0) is 18.8 Å². The van der Waals surface area contributed by atoms with Gasteiger partial charge in [-0.3, -0.25) is 0 Å². The van der Waals surface area contributed by atoms with E-state index in [0.717, 1.165) is 12.8 Å². The van der Waals surface area contributed by atoms with Crippen LogP contribution in [0.5, 0.6) is 0 Å². The van der Waals surface area contributed by atoms with Crippen LogP contribution in [-0.2, 0) is 4.74 Å². The smallest absolute Gasteiger partial charge is 0.406 e. The van der Waals surface area contributed by atoms with E-state index >= 15 is 0 Å². The van der Waals surface area contributed by atoms with E-state index in [1.54, 1.807) is 0 Å². The molecule has 0 spiro atoms. The van der Waals surface area contributed by atoms with Crippen molar-refractivity contribution in [3.05, 3.63) is 0 Å². The van der Waals surface area contributed by atoms with Crippen LogP contribution in [0.3, 0.4) is 0 Å². The number of carbonyl (C=O) groups is 1. The minimum atomic E-state index is -0.339. The van der Waals surface area contributed by atoms with Gasteiger partial charge in [0.1, 0.15) is 0 Å². The van der Waals surface area contributed by atoms with Gasteiger partial charge in [0.2, 0.25) is 0 Å². The number of methoxy groups -OCH3 is 1. The van der Waals surface area contributed by atoms with Crippen LogP contribution < -0.4 is 5.32 Å². The molecule has 0 atom stereocenters. The highest BCUT2D eigenvalue weighted by molar-refractivity contribution is 5.66. The van der Waals surface area contributed by atoms with Crippen molar-refractivity contribution in [1.82, 2.24) is 5.32 Å². The molecular formula is C8H17NO2. The van der Waals surface area contributed by atoms with Crippen molar-refractivity contribution >= 4 is 6.09 Å². The highest BCUT2D eigenvalue weighted by atomic mass is 16.5. The van der Waals surface area contributed by atoms with Gasteiger partial charge in [0.05, 0.1) is 7.11 Å². The van der Waals surface area contributed by atoms with Crippen LogP contribution in [0.15, 0.2) is 0 Å². The lowest BCUT2D eigenvalue weighted by Crippen LogP contribution is -2.24. The summed E-state index contributed by atoms with van der Waals surface area (Å²) in [5.41, 5.74) is 0. The number of rotatable bonds is 4. The number of ether oxygens (including phenoxy) is 1. The zero-order valence-corrected chi connectivity index (χ0v) is 7.52. The van der Waals surface area contributed by atoms with Crippen molar-refractivity contribution in [1.29, 1.82) is 0 Å². The SMILES string of the molecule is COC(=O)NCCCC(C)C. The van der Waals surface area contributed by atoms with Crippen molar-refractivity contribution in [2.24, 2.45) is 5.92 Å². The molecular weight excluding hydrogens is 142 g/mol. The van der Waals surface area contributed by atoms with Gasteiger partial charge in [-0.2, -0.15) is 0 Å². The lowest BCUT2D eigenvalue weighted by Gasteiger charge is -2.04. The van der Waals surface area contributed by atoms with E-state index in [4.69, 9.17) is 0 Å². The largest absolute Gasteiger partial charge is 0.453 e. The molecule has 0 bridgehead atoms. The molecule has 3 nitrogen and oxygen atoms in total. The van der Waals surface area contributed by atoms with Gasteiger partial charge in [0.25, 0.3) is 0 Å². The van der Waals surface area contributed by atoms with Crippen LogP contribution in [0.2, 0.25) is 0 Å². The molecule has 0 radical (unpaired) electrons. The Morgan fingerprint density at radius 1 is 1.55 bits per heavy atom. The van der Waals surface area contributed by atoms with Crippen molar-refractivity contribution < 1.29 is 9.53 Å². The zero-order chi connectivity index (χ0) is 8.69. The summed E-state index contributed by atoms with van der Waals surface area (Å²) in [5, 5.41) is 2.63. The van der Waals surface area contributed by atoms with Gasteiger partial charge < -0.3 is 10.1 Å². The molecule has 0 aromatic heterocycles. The van der Waals surface area contributed by atoms with E-state index in [1.807, 2.05) is 0 Å². The second-order valence-corrected chi connectivity index (χ2v) is 2.95. The Morgan fingerprint density at radius 2 is 2.18 bits per heavy atom. The van der Waals surface area contributed by atoms with Crippen LogP contribution in [0.1, 0.15) is 26.7 Å². The van der Waals surface area contributed by atoms with Crippen molar-refractivity contribution in [3.63, 3.8) is 0 Å². The maximum absolute atomic E-state index is 10.5. The van der Waals surface area contributed by atoms with E-state index in [0.29, 0.717) is 12.5 Å². The fraction of sp³-hybridized carbons (Fsp3) is 0.875. The van der Waals surface area contributed by atoms with Gasteiger partial charge >= 0.3 is 6.09 Å². The Bertz CT molecular complexity index is 113. The fourth-order valence-electron chi connectivity index (χ4n) is 0.773. The average molecular weight is 159 g/mol. The van der Waals surface area contributed by atoms with E-state index in [2.05, 4.69) is 23.9 Å². The number of alkyl carbamates (subject to hydrolysis) is 1. The molecule has 0 fully saturated rings. The van der Waals surface area contributed by atoms with Crippen molar-refractivity contribution in [2.75, 3.05) is 13.7 Å². The van der Waals surface area contributed by atoms with Crippen LogP contribution in [0.4, 0.5) is 4.79 Å². The van der Waals surface area contributed by atoms with Gasteiger partial charge in [-0.1, -0.05) is 13.8 Å². The second kappa shape index (κ2) is 6.01. The summed E-state index contributed by atoms with van der Waals surface area (Å²) >= 11 is 0. The van der Waals surface area contributed by atoms with Crippen LogP contribution in [0.25, 0.3) is 0 Å². The highest BCUT2D eigenvalue weighted by Crippen LogP contribution is 2.01. The number of hydrogen-bond acceptors (Lipinski definition) is 2. The quantitative estimate of drug-likeness (QED) is 0.635. The summed E-state index contributed by atoms with van der Waals surface area (Å²) < 4.78 is 4.41. The highest BCUT2D eigenvalue weighted by Gasteiger charge is 1.97. The first-order valence-electron chi connectivity index (χ1n) is 3.98. The Hall–Kier alpha value is -0.730. The third-order valence-corrected chi connectivity index (χ3v) is 1.41. The van der Waals surface area contributed by atoms with E-state index in [1.165, 1.54) is 7.11 Å². The first kappa shape index (κ1) is 10.3. The second-order valence-electron chi connectivity index (χ2n) is 2.95. The predicted molar refractivity (Wildman–Crippen MR) is 44.5 cm³/mol. The molecule has 0 saturated carbocycles. The Kier molecular flexibility index (Phi) is 5.61. The summed E-state index contributed by atoms with van der Waals surface area (Å²) in [5.74, 6) is 0.703. The molecule has 0 aromatic rings. The van der Waals surface area contributed by atoms with E-state index in [-0.39, 0.29) is 6.09 Å². The topological polar surface area (TPSA) is 38.3 Å². The molecule has 11 heavy (non-hydrogen) atoms. The van der Waals surface area contributed by atoms with Gasteiger partial charge in [0.15, 0.2) is 0 Å². The molecule has 0 rings (SSSR count). The Morgan fingerprint density at radius 3 is 2.64 bits per heavy atom. The normalized spacial score (nSPS) is 9.82. The molecule has 0 aromatic carbocycles. The summed E-state index contributed by atoms with van der Waals surface area (Å²) in [6.45, 7) is 5.04. The third-order valence-electron chi connectivity index (χ3n) is 1.41. The van der Waals surface area contributed by atoms with Crippen molar-refractivity contribution in [3.8, 4) is 0 Å². The average Bonchev–Trinajstić information content (AvgIpc) is 1.97. The summed E-state index contributed by atoms with van der Waals surface area (Å²) in [7, 11) is 1.37. The third kappa shape index (κ3) is 7.16. The molecule has 0 aliphatic rings. The number of nitrogens with one attached hydrogen (secondary N) is 1. The summed E-state index contributed by atoms with van der Waals surface area (Å²) in [6.07, 6.45) is 1.82. The molecule has 0 unspecified atom stereocenters. The van der Waals surface area contributed by atoms with Crippen LogP contribution >= 0.6 is 0 Å². The molecule has 0 aliphatic heterocycles. The van der Waals surface area contributed by atoms with Gasteiger partial charge in [-0.25, -0.2) is 4.79 Å². The minimum absolute atomic E-state index is 0.339. The maximum Gasteiger partial charge on any atom is 0.406 e. The molecule has 0 saturated heterocycles. The monoisotopic (exact) mass is 159 g/mol. The summed E-state index contributed by atoms with van der Waals surface area (Å²) in [4.78, 5) is 10.5. The van der Waals surface area contributed by atoms with Crippen LogP contribution in [-0.4, -0.2) is 19.7 Å². The molecule has 1 amide bonds. The Labute approximate surface area is 68.1 Å². The first-order valence-corrected chi connectivity index (χ1v) is 3.98. The van der Waals surface area contributed by atoms with E-state index in [9.17, 15) is 4.79 Å². The first-order chi connectivity index (χ1) is 5.16. The molecule has 66 valence electrons. The number of amides is 1. The van der Waals surface area contributed by atoms with Crippen molar-refractivity contribution in [2.45, 2.75) is 26.7 Å².